The highest BCUT2D eigenvalue weighted by Crippen LogP contribution is 2.19. The molecule has 2 rings (SSSR count). The Morgan fingerprint density at radius 2 is 2.47 bits per heavy atom. The van der Waals surface area contributed by atoms with Crippen LogP contribution in [0, 0.1) is 6.92 Å². The standard InChI is InChI=1S/C10H14N2O2S/c1-6-11-8(5-15-6)4-10(14)12-7-2-9(13)3-7/h5,7,9,13H,2-4H2,1H3,(H,12,14). The van der Waals surface area contributed by atoms with E-state index >= 15 is 0 Å². The fraction of sp³-hybridized carbons (Fsp3) is 0.600. The van der Waals surface area contributed by atoms with Crippen LogP contribution in [-0.4, -0.2) is 28.1 Å². The Bertz CT molecular complexity index is 358. The monoisotopic (exact) mass is 226 g/mol. The van der Waals surface area contributed by atoms with Gasteiger partial charge >= 0.3 is 0 Å². The highest BCUT2D eigenvalue weighted by Gasteiger charge is 2.28. The molecule has 1 aliphatic carbocycles. The van der Waals surface area contributed by atoms with Crippen LogP contribution in [0.4, 0.5) is 0 Å². The lowest BCUT2D eigenvalue weighted by atomic mass is 9.89. The molecule has 2 N–H and O–H groups in total. The number of aromatic nitrogens is 1. The molecule has 1 heterocycles. The van der Waals surface area contributed by atoms with Crippen LogP contribution in [-0.2, 0) is 11.2 Å². The first-order valence-electron chi connectivity index (χ1n) is 5.02. The van der Waals surface area contributed by atoms with E-state index in [9.17, 15) is 4.79 Å². The van der Waals surface area contributed by atoms with Gasteiger partial charge in [-0.25, -0.2) is 4.98 Å². The zero-order chi connectivity index (χ0) is 10.8. The molecule has 4 nitrogen and oxygen atoms in total. The largest absolute Gasteiger partial charge is 0.393 e. The average Bonchev–Trinajstić information content (AvgIpc) is 2.48. The predicted octanol–water partition coefficient (Wildman–Crippen LogP) is 0.634. The number of amides is 1. The van der Waals surface area contributed by atoms with Gasteiger partial charge in [-0.15, -0.1) is 11.3 Å². The normalized spacial score (nSPS) is 24.7. The Morgan fingerprint density at radius 1 is 1.73 bits per heavy atom. The van der Waals surface area contributed by atoms with Gasteiger partial charge in [0, 0.05) is 11.4 Å². The lowest BCUT2D eigenvalue weighted by molar-refractivity contribution is -0.122. The van der Waals surface area contributed by atoms with Gasteiger partial charge in [0.15, 0.2) is 0 Å². The van der Waals surface area contributed by atoms with Gasteiger partial charge in [-0.3, -0.25) is 4.79 Å². The van der Waals surface area contributed by atoms with Gasteiger partial charge in [0.1, 0.15) is 0 Å². The van der Waals surface area contributed by atoms with E-state index in [4.69, 9.17) is 5.11 Å². The summed E-state index contributed by atoms with van der Waals surface area (Å²) in [7, 11) is 0. The molecule has 1 saturated carbocycles. The molecule has 0 unspecified atom stereocenters. The second kappa shape index (κ2) is 4.28. The van der Waals surface area contributed by atoms with E-state index in [0.29, 0.717) is 19.3 Å². The summed E-state index contributed by atoms with van der Waals surface area (Å²) in [6.45, 7) is 1.92. The first-order chi connectivity index (χ1) is 7.13. The number of carbonyl (C=O) groups excluding carboxylic acids is 1. The SMILES string of the molecule is Cc1nc(CC(=O)NC2CC(O)C2)cs1. The Labute approximate surface area is 92.3 Å². The first-order valence-corrected chi connectivity index (χ1v) is 5.90. The van der Waals surface area contributed by atoms with Crippen molar-refractivity contribution in [1.82, 2.24) is 10.3 Å². The molecule has 1 aromatic rings. The van der Waals surface area contributed by atoms with Gasteiger partial charge in [-0.2, -0.15) is 0 Å². The Balaban J connectivity index is 1.77. The maximum Gasteiger partial charge on any atom is 0.226 e. The molecule has 5 heteroatoms. The molecule has 82 valence electrons. The molecular formula is C10H14N2O2S. The van der Waals surface area contributed by atoms with Crippen LogP contribution in [0.5, 0.6) is 0 Å². The summed E-state index contributed by atoms with van der Waals surface area (Å²) in [5.74, 6) is -0.00259. The fourth-order valence-corrected chi connectivity index (χ4v) is 2.25. The van der Waals surface area contributed by atoms with Crippen LogP contribution in [0.15, 0.2) is 5.38 Å². The Morgan fingerprint density at radius 3 is 3.00 bits per heavy atom. The Hall–Kier alpha value is -0.940. The predicted molar refractivity (Wildman–Crippen MR) is 57.7 cm³/mol. The Kier molecular flexibility index (Phi) is 3.02. The number of aliphatic hydroxyl groups excluding tert-OH is 1. The van der Waals surface area contributed by atoms with Crippen molar-refractivity contribution in [3.63, 3.8) is 0 Å². The van der Waals surface area contributed by atoms with Crippen molar-refractivity contribution >= 4 is 17.2 Å². The number of thiazole rings is 1. The quantitative estimate of drug-likeness (QED) is 0.794. The van der Waals surface area contributed by atoms with Crippen LogP contribution < -0.4 is 5.32 Å². The summed E-state index contributed by atoms with van der Waals surface area (Å²) in [5, 5.41) is 14.8. The minimum Gasteiger partial charge on any atom is -0.393 e. The molecular weight excluding hydrogens is 212 g/mol. The maximum absolute atomic E-state index is 11.5. The molecule has 0 radical (unpaired) electrons. The fourth-order valence-electron chi connectivity index (χ4n) is 1.64. The lowest BCUT2D eigenvalue weighted by Crippen LogP contribution is -2.47. The van der Waals surface area contributed by atoms with Gasteiger partial charge in [-0.05, 0) is 19.8 Å². The molecule has 0 saturated heterocycles. The van der Waals surface area contributed by atoms with Crippen molar-refractivity contribution < 1.29 is 9.90 Å². The number of aryl methyl sites for hydroxylation is 1. The molecule has 1 amide bonds. The molecule has 0 spiro atoms. The van der Waals surface area contributed by atoms with E-state index < -0.39 is 0 Å². The van der Waals surface area contributed by atoms with Gasteiger partial charge in [0.05, 0.1) is 23.2 Å². The summed E-state index contributed by atoms with van der Waals surface area (Å²) in [4.78, 5) is 15.7. The van der Waals surface area contributed by atoms with Crippen molar-refractivity contribution in [3.05, 3.63) is 16.1 Å². The summed E-state index contributed by atoms with van der Waals surface area (Å²) < 4.78 is 0. The molecule has 0 bridgehead atoms. The van der Waals surface area contributed by atoms with Gasteiger partial charge < -0.3 is 10.4 Å². The molecule has 1 aromatic heterocycles. The third-order valence-corrected chi connectivity index (χ3v) is 3.31. The summed E-state index contributed by atoms with van der Waals surface area (Å²) in [6, 6.07) is 0.159. The number of aliphatic hydroxyl groups is 1. The van der Waals surface area contributed by atoms with E-state index in [0.717, 1.165) is 10.7 Å². The second-order valence-electron chi connectivity index (χ2n) is 3.92. The van der Waals surface area contributed by atoms with E-state index in [1.807, 2.05) is 12.3 Å². The van der Waals surface area contributed by atoms with Crippen molar-refractivity contribution in [2.75, 3.05) is 0 Å². The summed E-state index contributed by atoms with van der Waals surface area (Å²) in [5.41, 5.74) is 0.829. The van der Waals surface area contributed by atoms with Crippen LogP contribution in [0.3, 0.4) is 0 Å². The minimum atomic E-state index is -0.225. The maximum atomic E-state index is 11.5. The molecule has 0 aliphatic heterocycles. The molecule has 15 heavy (non-hydrogen) atoms. The lowest BCUT2D eigenvalue weighted by Gasteiger charge is -2.31. The minimum absolute atomic E-state index is 0.00259. The molecule has 1 aliphatic rings. The number of nitrogens with one attached hydrogen (secondary N) is 1. The van der Waals surface area contributed by atoms with Gasteiger partial charge in [-0.1, -0.05) is 0 Å². The topological polar surface area (TPSA) is 62.2 Å². The van der Waals surface area contributed by atoms with E-state index in [1.165, 1.54) is 0 Å². The van der Waals surface area contributed by atoms with Crippen LogP contribution in [0.1, 0.15) is 23.5 Å². The zero-order valence-electron chi connectivity index (χ0n) is 8.56. The second-order valence-corrected chi connectivity index (χ2v) is 4.99. The third kappa shape index (κ3) is 2.76. The average molecular weight is 226 g/mol. The van der Waals surface area contributed by atoms with Crippen LogP contribution >= 0.6 is 11.3 Å². The van der Waals surface area contributed by atoms with E-state index in [1.54, 1.807) is 11.3 Å². The van der Waals surface area contributed by atoms with Crippen LogP contribution in [0.2, 0.25) is 0 Å². The smallest absolute Gasteiger partial charge is 0.226 e. The van der Waals surface area contributed by atoms with Gasteiger partial charge in [0.2, 0.25) is 5.91 Å². The van der Waals surface area contributed by atoms with Crippen molar-refractivity contribution in [3.8, 4) is 0 Å². The molecule has 0 aromatic carbocycles. The highest BCUT2D eigenvalue weighted by atomic mass is 32.1. The molecule has 0 atom stereocenters. The van der Waals surface area contributed by atoms with Crippen molar-refractivity contribution in [2.24, 2.45) is 0 Å². The van der Waals surface area contributed by atoms with E-state index in [-0.39, 0.29) is 18.1 Å². The zero-order valence-corrected chi connectivity index (χ0v) is 9.38. The third-order valence-electron chi connectivity index (χ3n) is 2.49. The summed E-state index contributed by atoms with van der Waals surface area (Å²) in [6.07, 6.45) is 1.48. The first kappa shape index (κ1) is 10.6. The highest BCUT2D eigenvalue weighted by molar-refractivity contribution is 7.09. The number of rotatable bonds is 3. The van der Waals surface area contributed by atoms with Crippen LogP contribution in [0.25, 0.3) is 0 Å². The summed E-state index contributed by atoms with van der Waals surface area (Å²) >= 11 is 1.55. The molecule has 1 fully saturated rings. The van der Waals surface area contributed by atoms with Crippen molar-refractivity contribution in [1.29, 1.82) is 0 Å². The number of hydrogen-bond acceptors (Lipinski definition) is 4. The van der Waals surface area contributed by atoms with Crippen molar-refractivity contribution in [2.45, 2.75) is 38.3 Å². The van der Waals surface area contributed by atoms with Gasteiger partial charge in [0.25, 0.3) is 0 Å². The number of nitrogens with zero attached hydrogens (tertiary/aromatic N) is 1. The number of carbonyl (C=O) groups is 1. The number of hydrogen-bond donors (Lipinski definition) is 2. The van der Waals surface area contributed by atoms with E-state index in [2.05, 4.69) is 10.3 Å².